The second-order valence-corrected chi connectivity index (χ2v) is 4.40. The van der Waals surface area contributed by atoms with Gasteiger partial charge in [0, 0.05) is 6.07 Å². The van der Waals surface area contributed by atoms with Crippen LogP contribution in [-0.4, -0.2) is 47.4 Å². The highest BCUT2D eigenvalue weighted by molar-refractivity contribution is 6.07. The summed E-state index contributed by atoms with van der Waals surface area (Å²) >= 11 is 0. The molecule has 1 aliphatic heterocycles. The number of benzene rings is 1. The van der Waals surface area contributed by atoms with Gasteiger partial charge in [-0.25, -0.2) is 0 Å². The molecule has 0 bridgehead atoms. The molecule has 0 saturated carbocycles. The number of amides is 3. The third kappa shape index (κ3) is 2.42. The third-order valence-electron chi connectivity index (χ3n) is 3.12. The second kappa shape index (κ2) is 5.20. The lowest BCUT2D eigenvalue weighted by atomic mass is 10.1. The minimum Gasteiger partial charge on any atom is -0.507 e. The Morgan fingerprint density at radius 1 is 1.45 bits per heavy atom. The van der Waals surface area contributed by atoms with Gasteiger partial charge < -0.3 is 14.7 Å². The molecular formula is C13H14N2O5. The molecule has 0 aromatic heterocycles. The number of rotatable bonds is 2. The zero-order chi connectivity index (χ0) is 14.9. The topological polar surface area (TPSA) is 95.9 Å². The first-order valence-electron chi connectivity index (χ1n) is 5.95. The summed E-state index contributed by atoms with van der Waals surface area (Å²) in [7, 11) is 1.44. The number of piperazine rings is 1. The third-order valence-corrected chi connectivity index (χ3v) is 3.12. The molecule has 20 heavy (non-hydrogen) atoms. The number of hydrogen-bond acceptors (Lipinski definition) is 5. The quantitative estimate of drug-likeness (QED) is 0.736. The lowest BCUT2D eigenvalue weighted by Crippen LogP contribution is -2.58. The fourth-order valence-corrected chi connectivity index (χ4v) is 1.94. The Bertz CT molecular complexity index is 584. The van der Waals surface area contributed by atoms with E-state index in [9.17, 15) is 19.5 Å². The number of methoxy groups -OCH3 is 1. The van der Waals surface area contributed by atoms with Gasteiger partial charge in [-0.15, -0.1) is 0 Å². The molecular weight excluding hydrogens is 264 g/mol. The summed E-state index contributed by atoms with van der Waals surface area (Å²) < 4.78 is 4.93. The predicted octanol–water partition coefficient (Wildman–Crippen LogP) is -0.112. The Labute approximate surface area is 115 Å². The number of phenolic OH excluding ortho intramolecular Hbond substituents is 1. The van der Waals surface area contributed by atoms with Crippen LogP contribution in [0.15, 0.2) is 18.2 Å². The highest BCUT2D eigenvalue weighted by atomic mass is 16.5. The van der Waals surface area contributed by atoms with Gasteiger partial charge in [0.05, 0.1) is 12.7 Å². The van der Waals surface area contributed by atoms with E-state index >= 15 is 0 Å². The highest BCUT2D eigenvalue weighted by Crippen LogP contribution is 2.25. The van der Waals surface area contributed by atoms with Gasteiger partial charge in [-0.2, -0.15) is 0 Å². The first-order valence-corrected chi connectivity index (χ1v) is 5.95. The van der Waals surface area contributed by atoms with E-state index in [4.69, 9.17) is 4.74 Å². The number of carbonyl (C=O) groups excluding carboxylic acids is 3. The minimum atomic E-state index is -0.776. The molecule has 7 nitrogen and oxygen atoms in total. The molecule has 0 radical (unpaired) electrons. The average molecular weight is 278 g/mol. The van der Waals surface area contributed by atoms with Crippen LogP contribution in [0.2, 0.25) is 0 Å². The van der Waals surface area contributed by atoms with Crippen LogP contribution in [0.3, 0.4) is 0 Å². The SMILES string of the molecule is COc1ccc(C(=O)N2CC(=O)NC(=O)C2C)c(O)c1. The summed E-state index contributed by atoms with van der Waals surface area (Å²) in [6, 6.07) is 3.43. The molecule has 2 N–H and O–H groups in total. The molecule has 106 valence electrons. The van der Waals surface area contributed by atoms with Crippen molar-refractivity contribution in [1.82, 2.24) is 10.2 Å². The second-order valence-electron chi connectivity index (χ2n) is 4.40. The highest BCUT2D eigenvalue weighted by Gasteiger charge is 2.34. The monoisotopic (exact) mass is 278 g/mol. The van der Waals surface area contributed by atoms with Gasteiger partial charge in [0.1, 0.15) is 24.1 Å². The molecule has 1 aromatic carbocycles. The van der Waals surface area contributed by atoms with E-state index in [0.29, 0.717) is 5.75 Å². The standard InChI is InChI=1S/C13H14N2O5/c1-7-12(18)14-11(17)6-15(7)13(19)9-4-3-8(20-2)5-10(9)16/h3-5,7,16H,6H2,1-2H3,(H,14,17,18). The lowest BCUT2D eigenvalue weighted by molar-refractivity contribution is -0.138. The summed E-state index contributed by atoms with van der Waals surface area (Å²) in [5.74, 6) is -1.53. The van der Waals surface area contributed by atoms with Gasteiger partial charge in [0.15, 0.2) is 0 Å². The zero-order valence-electron chi connectivity index (χ0n) is 11.0. The number of hydrogen-bond donors (Lipinski definition) is 2. The van der Waals surface area contributed by atoms with Gasteiger partial charge in [-0.05, 0) is 19.1 Å². The van der Waals surface area contributed by atoms with E-state index in [0.717, 1.165) is 4.90 Å². The van der Waals surface area contributed by atoms with Crippen LogP contribution in [0, 0.1) is 0 Å². The fraction of sp³-hybridized carbons (Fsp3) is 0.308. The smallest absolute Gasteiger partial charge is 0.258 e. The summed E-state index contributed by atoms with van der Waals surface area (Å²) in [4.78, 5) is 36.3. The van der Waals surface area contributed by atoms with Crippen LogP contribution in [0.1, 0.15) is 17.3 Å². The number of phenols is 1. The van der Waals surface area contributed by atoms with Gasteiger partial charge in [-0.1, -0.05) is 0 Å². The number of ether oxygens (including phenoxy) is 1. The molecule has 0 spiro atoms. The predicted molar refractivity (Wildman–Crippen MR) is 68.3 cm³/mol. The molecule has 1 fully saturated rings. The van der Waals surface area contributed by atoms with Crippen LogP contribution in [0.4, 0.5) is 0 Å². The molecule has 0 aliphatic carbocycles. The van der Waals surface area contributed by atoms with Crippen LogP contribution < -0.4 is 10.1 Å². The van der Waals surface area contributed by atoms with Crippen LogP contribution in [0.5, 0.6) is 11.5 Å². The number of nitrogens with one attached hydrogen (secondary N) is 1. The molecule has 1 unspecified atom stereocenters. The van der Waals surface area contributed by atoms with E-state index in [1.54, 1.807) is 0 Å². The maximum absolute atomic E-state index is 12.3. The number of aromatic hydroxyl groups is 1. The Morgan fingerprint density at radius 3 is 2.75 bits per heavy atom. The van der Waals surface area contributed by atoms with Crippen molar-refractivity contribution in [3.63, 3.8) is 0 Å². The van der Waals surface area contributed by atoms with E-state index in [1.807, 2.05) is 0 Å². The van der Waals surface area contributed by atoms with Crippen LogP contribution in [0.25, 0.3) is 0 Å². The van der Waals surface area contributed by atoms with Crippen LogP contribution in [-0.2, 0) is 9.59 Å². The summed E-state index contributed by atoms with van der Waals surface area (Å²) in [5, 5.41) is 12.0. The molecule has 1 aliphatic rings. The Balaban J connectivity index is 2.30. The fourth-order valence-electron chi connectivity index (χ4n) is 1.94. The van der Waals surface area contributed by atoms with Gasteiger partial charge in [0.25, 0.3) is 5.91 Å². The van der Waals surface area contributed by atoms with Crippen LogP contribution >= 0.6 is 0 Å². The van der Waals surface area contributed by atoms with Crippen molar-refractivity contribution in [3.05, 3.63) is 23.8 Å². The van der Waals surface area contributed by atoms with Crippen molar-refractivity contribution in [1.29, 1.82) is 0 Å². The number of carbonyl (C=O) groups is 3. The molecule has 1 saturated heterocycles. The van der Waals surface area contributed by atoms with Crippen molar-refractivity contribution < 1.29 is 24.2 Å². The zero-order valence-corrected chi connectivity index (χ0v) is 11.0. The Kier molecular flexibility index (Phi) is 3.60. The van der Waals surface area contributed by atoms with Crippen molar-refractivity contribution >= 4 is 17.7 Å². The van der Waals surface area contributed by atoms with E-state index in [2.05, 4.69) is 5.32 Å². The molecule has 3 amide bonds. The van der Waals surface area contributed by atoms with E-state index in [-0.39, 0.29) is 17.9 Å². The summed E-state index contributed by atoms with van der Waals surface area (Å²) in [6.07, 6.45) is 0. The molecule has 2 rings (SSSR count). The van der Waals surface area contributed by atoms with Gasteiger partial charge in [0.2, 0.25) is 11.8 Å². The van der Waals surface area contributed by atoms with Gasteiger partial charge >= 0.3 is 0 Å². The van der Waals surface area contributed by atoms with Crippen molar-refractivity contribution in [2.45, 2.75) is 13.0 Å². The Morgan fingerprint density at radius 2 is 2.15 bits per heavy atom. The Hall–Kier alpha value is -2.57. The minimum absolute atomic E-state index is 0.0140. The maximum atomic E-state index is 12.3. The number of nitrogens with zero attached hydrogens (tertiary/aromatic N) is 1. The first kappa shape index (κ1) is 13.9. The largest absolute Gasteiger partial charge is 0.507 e. The first-order chi connectivity index (χ1) is 9.43. The molecule has 1 aromatic rings. The van der Waals surface area contributed by atoms with Crippen molar-refractivity contribution in [2.75, 3.05) is 13.7 Å². The van der Waals surface area contributed by atoms with E-state index in [1.165, 1.54) is 32.2 Å². The van der Waals surface area contributed by atoms with Gasteiger partial charge in [-0.3, -0.25) is 19.7 Å². The average Bonchev–Trinajstić information content (AvgIpc) is 2.41. The lowest BCUT2D eigenvalue weighted by Gasteiger charge is -2.31. The molecule has 1 heterocycles. The summed E-state index contributed by atoms with van der Waals surface area (Å²) in [6.45, 7) is 1.29. The summed E-state index contributed by atoms with van der Waals surface area (Å²) in [5.41, 5.74) is 0.0140. The normalized spacial score (nSPS) is 18.7. The van der Waals surface area contributed by atoms with E-state index < -0.39 is 23.8 Å². The molecule has 7 heteroatoms. The van der Waals surface area contributed by atoms with Crippen molar-refractivity contribution in [3.8, 4) is 11.5 Å². The molecule has 1 atom stereocenters. The van der Waals surface area contributed by atoms with Crippen molar-refractivity contribution in [2.24, 2.45) is 0 Å². The number of imide groups is 1. The maximum Gasteiger partial charge on any atom is 0.258 e.